The van der Waals surface area contributed by atoms with Crippen LogP contribution in [-0.2, 0) is 18.1 Å². The summed E-state index contributed by atoms with van der Waals surface area (Å²) in [5, 5.41) is 19.9. The lowest BCUT2D eigenvalue weighted by molar-refractivity contribution is -0.138. The molecule has 0 atom stereocenters. The van der Waals surface area contributed by atoms with Crippen LogP contribution in [0.1, 0.15) is 49.4 Å². The summed E-state index contributed by atoms with van der Waals surface area (Å²) in [7, 11) is 1.78. The Bertz CT molecular complexity index is 1210. The molecule has 1 aromatic carbocycles. The molecule has 1 aliphatic heterocycles. The van der Waals surface area contributed by atoms with Gasteiger partial charge >= 0.3 is 6.18 Å². The molecule has 0 radical (unpaired) electrons. The number of nitrogens with zero attached hydrogens (tertiary/aromatic N) is 3. The maximum atomic E-state index is 13.8. The van der Waals surface area contributed by atoms with Crippen molar-refractivity contribution in [3.63, 3.8) is 0 Å². The predicted molar refractivity (Wildman–Crippen MR) is 112 cm³/mol. The summed E-state index contributed by atoms with van der Waals surface area (Å²) >= 11 is 0. The minimum absolute atomic E-state index is 0.0221. The number of para-hydroxylation sites is 1. The zero-order valence-corrected chi connectivity index (χ0v) is 17.6. The van der Waals surface area contributed by atoms with Gasteiger partial charge in [0.15, 0.2) is 0 Å². The predicted octanol–water partition coefficient (Wildman–Crippen LogP) is 4.78. The number of fused-ring (bicyclic) bond motifs is 1. The molecular weight excluding hydrogens is 407 g/mol. The number of aromatic hydroxyl groups is 1. The smallest absolute Gasteiger partial charge is 0.418 e. The van der Waals surface area contributed by atoms with Crippen molar-refractivity contribution in [2.45, 2.75) is 45.3 Å². The molecule has 3 rings (SSSR count). The van der Waals surface area contributed by atoms with E-state index < -0.39 is 39.7 Å². The van der Waals surface area contributed by atoms with Crippen molar-refractivity contribution >= 4 is 11.8 Å². The third kappa shape index (κ3) is 3.51. The first-order valence-electron chi connectivity index (χ1n) is 9.74. The van der Waals surface area contributed by atoms with E-state index in [0.717, 1.165) is 21.9 Å². The summed E-state index contributed by atoms with van der Waals surface area (Å²) in [4.78, 5) is 14.3. The van der Waals surface area contributed by atoms with Gasteiger partial charge in [0.2, 0.25) is 5.88 Å². The van der Waals surface area contributed by atoms with Gasteiger partial charge < -0.3 is 10.0 Å². The van der Waals surface area contributed by atoms with Gasteiger partial charge in [0.05, 0.1) is 16.8 Å². The van der Waals surface area contributed by atoms with E-state index in [1.807, 2.05) is 43.0 Å². The highest BCUT2D eigenvalue weighted by Gasteiger charge is 2.41. The number of hydrogen-bond acceptors (Lipinski definition) is 4. The van der Waals surface area contributed by atoms with Crippen LogP contribution in [0.2, 0.25) is 0 Å². The van der Waals surface area contributed by atoms with E-state index in [9.17, 15) is 28.3 Å². The third-order valence-electron chi connectivity index (χ3n) is 5.54. The molecule has 0 bridgehead atoms. The molecule has 0 spiro atoms. The van der Waals surface area contributed by atoms with Crippen molar-refractivity contribution in [3.05, 3.63) is 68.3 Å². The molecule has 1 aliphatic rings. The number of hydrogen-bond donors (Lipinski definition) is 1. The molecule has 162 valence electrons. The van der Waals surface area contributed by atoms with Gasteiger partial charge in [0, 0.05) is 24.7 Å². The van der Waals surface area contributed by atoms with Crippen LogP contribution in [0, 0.1) is 11.3 Å². The molecule has 0 fully saturated rings. The Morgan fingerprint density at radius 3 is 2.45 bits per heavy atom. The van der Waals surface area contributed by atoms with E-state index in [1.54, 1.807) is 14.0 Å². The van der Waals surface area contributed by atoms with Crippen molar-refractivity contribution in [2.24, 2.45) is 0 Å². The minimum atomic E-state index is -5.01. The molecule has 0 aliphatic carbocycles. The van der Waals surface area contributed by atoms with Gasteiger partial charge in [0.25, 0.3) is 5.56 Å². The van der Waals surface area contributed by atoms with E-state index >= 15 is 0 Å². The lowest BCUT2D eigenvalue weighted by atomic mass is 9.84. The first-order chi connectivity index (χ1) is 14.5. The number of allylic oxidation sites excluding steroid dienone is 1. The monoisotopic (exact) mass is 429 g/mol. The zero-order chi connectivity index (χ0) is 23.1. The maximum absolute atomic E-state index is 13.8. The molecule has 2 aromatic rings. The summed E-state index contributed by atoms with van der Waals surface area (Å²) < 4.78 is 42.3. The Morgan fingerprint density at radius 1 is 1.26 bits per heavy atom. The highest BCUT2D eigenvalue weighted by atomic mass is 19.4. The Labute approximate surface area is 178 Å². The first kappa shape index (κ1) is 22.3. The van der Waals surface area contributed by atoms with Crippen LogP contribution in [0.4, 0.5) is 18.9 Å². The number of likely N-dealkylation sites (N-methyl/N-ethyl adjacent to an activating group) is 1. The van der Waals surface area contributed by atoms with Crippen LogP contribution in [0.15, 0.2) is 40.5 Å². The summed E-state index contributed by atoms with van der Waals surface area (Å²) in [5.41, 5.74) is 0.537. The van der Waals surface area contributed by atoms with Crippen LogP contribution in [0.5, 0.6) is 5.88 Å². The van der Waals surface area contributed by atoms with Crippen LogP contribution in [-0.4, -0.2) is 16.7 Å². The Morgan fingerprint density at radius 2 is 1.90 bits per heavy atom. The Hall–Kier alpha value is -3.43. The molecule has 0 saturated carbocycles. The lowest BCUT2D eigenvalue weighted by Gasteiger charge is -2.22. The fraction of sp³-hybridized carbons (Fsp3) is 0.348. The fourth-order valence-electron chi connectivity index (χ4n) is 4.08. The summed E-state index contributed by atoms with van der Waals surface area (Å²) in [6.45, 7) is 5.54. The van der Waals surface area contributed by atoms with E-state index in [-0.39, 0.29) is 6.54 Å². The molecule has 0 unspecified atom stereocenters. The molecular formula is C23H22F3N3O2. The third-order valence-corrected chi connectivity index (χ3v) is 5.54. The molecule has 1 N–H and O–H groups in total. The van der Waals surface area contributed by atoms with Crippen LogP contribution < -0.4 is 10.5 Å². The second-order valence-electron chi connectivity index (χ2n) is 7.89. The molecule has 0 amide bonds. The summed E-state index contributed by atoms with van der Waals surface area (Å²) in [6, 6.07) is 8.97. The van der Waals surface area contributed by atoms with Gasteiger partial charge in [-0.05, 0) is 38.0 Å². The average Bonchev–Trinajstić information content (AvgIpc) is 2.89. The normalized spacial score (nSPS) is 14.8. The van der Waals surface area contributed by atoms with E-state index in [0.29, 0.717) is 12.1 Å². The van der Waals surface area contributed by atoms with Gasteiger partial charge in [-0.2, -0.15) is 18.4 Å². The molecule has 8 heteroatoms. The van der Waals surface area contributed by atoms with Gasteiger partial charge in [-0.25, -0.2) is 0 Å². The van der Waals surface area contributed by atoms with E-state index in [2.05, 4.69) is 5.73 Å². The number of halogens is 3. The molecule has 1 aromatic heterocycles. The second kappa shape index (κ2) is 7.68. The largest absolute Gasteiger partial charge is 0.494 e. The molecule has 31 heavy (non-hydrogen) atoms. The van der Waals surface area contributed by atoms with Crippen molar-refractivity contribution < 1.29 is 18.3 Å². The van der Waals surface area contributed by atoms with E-state index in [1.165, 1.54) is 6.07 Å². The number of alkyl halides is 3. The Kier molecular flexibility index (Phi) is 5.51. The molecule has 2 heterocycles. The first-order valence-corrected chi connectivity index (χ1v) is 9.74. The summed E-state index contributed by atoms with van der Waals surface area (Å²) in [5.74, 6) is -0.831. The number of pyridine rings is 1. The lowest BCUT2D eigenvalue weighted by Crippen LogP contribution is -2.28. The number of nitriles is 1. The summed E-state index contributed by atoms with van der Waals surface area (Å²) in [6.07, 6.45) is -3.60. The zero-order valence-electron chi connectivity index (χ0n) is 17.6. The molecule has 0 saturated heterocycles. The topological polar surface area (TPSA) is 69.3 Å². The second-order valence-corrected chi connectivity index (χ2v) is 7.89. The van der Waals surface area contributed by atoms with Gasteiger partial charge in [-0.15, -0.1) is 0 Å². The van der Waals surface area contributed by atoms with Crippen LogP contribution in [0.3, 0.4) is 0 Å². The average molecular weight is 429 g/mol. The van der Waals surface area contributed by atoms with Gasteiger partial charge in [-0.1, -0.05) is 30.9 Å². The number of benzene rings is 1. The van der Waals surface area contributed by atoms with Gasteiger partial charge in [-0.3, -0.25) is 9.36 Å². The van der Waals surface area contributed by atoms with Crippen molar-refractivity contribution in [1.82, 2.24) is 4.57 Å². The minimum Gasteiger partial charge on any atom is -0.494 e. The standard InChI is InChI=1S/C23H22F3N3O2/c1-5-12-29-20(30)14(19(23(24,25)26)15(13-27)21(29)31)10-11-18-22(2,3)16-8-6-7-9-17(16)28(18)4/h6-10,30H,5,12H2,1-4H3. The van der Waals surface area contributed by atoms with Crippen molar-refractivity contribution in [1.29, 1.82) is 5.26 Å². The SMILES string of the molecule is CCCn1c(O)c(C=C=C2N(C)c3ccccc3C2(C)C)c(C(F)(F)F)c(C#N)c1=O. The maximum Gasteiger partial charge on any atom is 0.418 e. The Balaban J connectivity index is 2.36. The van der Waals surface area contributed by atoms with Gasteiger partial charge in [0.1, 0.15) is 11.6 Å². The van der Waals surface area contributed by atoms with Crippen LogP contribution in [0.25, 0.3) is 6.08 Å². The quantitative estimate of drug-likeness (QED) is 0.713. The fourth-order valence-corrected chi connectivity index (χ4v) is 4.08. The van der Waals surface area contributed by atoms with Crippen molar-refractivity contribution in [3.8, 4) is 11.9 Å². The number of aromatic nitrogens is 1. The van der Waals surface area contributed by atoms with Crippen LogP contribution >= 0.6 is 0 Å². The number of anilines is 1. The highest BCUT2D eigenvalue weighted by Crippen LogP contribution is 2.46. The highest BCUT2D eigenvalue weighted by molar-refractivity contribution is 5.71. The van der Waals surface area contributed by atoms with Crippen molar-refractivity contribution in [2.75, 3.05) is 11.9 Å². The number of rotatable bonds is 3. The van der Waals surface area contributed by atoms with E-state index in [4.69, 9.17) is 0 Å². The molecule has 5 nitrogen and oxygen atoms in total.